The van der Waals surface area contributed by atoms with Crippen LogP contribution < -0.4 is 14.8 Å². The number of halogens is 1. The van der Waals surface area contributed by atoms with E-state index in [1.54, 1.807) is 32.4 Å². The largest absolute Gasteiger partial charge is 0.496 e. The summed E-state index contributed by atoms with van der Waals surface area (Å²) in [5.41, 5.74) is 0.435. The lowest BCUT2D eigenvalue weighted by molar-refractivity contribution is 0.0938. The van der Waals surface area contributed by atoms with Crippen molar-refractivity contribution in [2.75, 3.05) is 20.8 Å². The summed E-state index contributed by atoms with van der Waals surface area (Å²) < 4.78 is 10.5. The number of hydrogen-bond acceptors (Lipinski definition) is 3. The number of carbonyl (C=O) groups excluding carboxylic acids is 1. The number of amides is 1. The molecule has 0 aliphatic heterocycles. The zero-order valence-corrected chi connectivity index (χ0v) is 13.3. The van der Waals surface area contributed by atoms with E-state index in [2.05, 4.69) is 5.32 Å². The Morgan fingerprint density at radius 2 is 1.86 bits per heavy atom. The molecule has 2 rings (SSSR count). The quantitative estimate of drug-likeness (QED) is 0.849. The predicted octanol–water partition coefficient (Wildman–Crippen LogP) is 3.23. The summed E-state index contributed by atoms with van der Waals surface area (Å²) in [6.07, 6.45) is 4.46. The second-order valence-corrected chi connectivity index (χ2v) is 5.87. The average Bonchev–Trinajstić information content (AvgIpc) is 2.52. The summed E-state index contributed by atoms with van der Waals surface area (Å²) in [4.78, 5) is 12.4. The molecule has 1 N–H and O–H groups in total. The Morgan fingerprint density at radius 3 is 2.43 bits per heavy atom. The van der Waals surface area contributed by atoms with Gasteiger partial charge in [-0.3, -0.25) is 4.79 Å². The Labute approximate surface area is 130 Å². The van der Waals surface area contributed by atoms with Crippen LogP contribution in [0.4, 0.5) is 0 Å². The van der Waals surface area contributed by atoms with Gasteiger partial charge in [0.05, 0.1) is 14.2 Å². The molecule has 2 atom stereocenters. The molecule has 0 aromatic heterocycles. The molecule has 1 aromatic rings. The van der Waals surface area contributed by atoms with Gasteiger partial charge in [0.1, 0.15) is 17.1 Å². The van der Waals surface area contributed by atoms with Crippen molar-refractivity contribution in [1.82, 2.24) is 5.32 Å². The van der Waals surface area contributed by atoms with E-state index in [0.717, 1.165) is 12.8 Å². The molecule has 116 valence electrons. The molecule has 21 heavy (non-hydrogen) atoms. The first-order valence-electron chi connectivity index (χ1n) is 7.30. The van der Waals surface area contributed by atoms with Gasteiger partial charge < -0.3 is 14.8 Å². The van der Waals surface area contributed by atoms with Crippen LogP contribution >= 0.6 is 11.6 Å². The van der Waals surface area contributed by atoms with Crippen molar-refractivity contribution in [3.8, 4) is 11.5 Å². The highest BCUT2D eigenvalue weighted by Crippen LogP contribution is 2.30. The fraction of sp³-hybridized carbons (Fsp3) is 0.562. The molecule has 2 unspecified atom stereocenters. The van der Waals surface area contributed by atoms with Crippen LogP contribution in [-0.4, -0.2) is 32.0 Å². The van der Waals surface area contributed by atoms with Crippen molar-refractivity contribution in [3.63, 3.8) is 0 Å². The van der Waals surface area contributed by atoms with E-state index < -0.39 is 0 Å². The number of alkyl halides is 1. The van der Waals surface area contributed by atoms with Crippen LogP contribution in [0.25, 0.3) is 0 Å². The first kappa shape index (κ1) is 16.0. The zero-order chi connectivity index (χ0) is 15.2. The lowest BCUT2D eigenvalue weighted by atomic mass is 9.88. The Bertz CT molecular complexity index is 470. The van der Waals surface area contributed by atoms with Gasteiger partial charge in [-0.15, -0.1) is 11.6 Å². The number of benzene rings is 1. The summed E-state index contributed by atoms with van der Waals surface area (Å²) in [5.74, 6) is 1.18. The van der Waals surface area contributed by atoms with Gasteiger partial charge in [0, 0.05) is 11.9 Å². The molecule has 0 saturated heterocycles. The van der Waals surface area contributed by atoms with Crippen LogP contribution in [-0.2, 0) is 0 Å². The molecule has 0 radical (unpaired) electrons. The minimum absolute atomic E-state index is 0.151. The molecule has 1 aliphatic carbocycles. The molecule has 5 heteroatoms. The molecular weight excluding hydrogens is 290 g/mol. The second-order valence-electron chi connectivity index (χ2n) is 5.31. The Kier molecular flexibility index (Phi) is 5.74. The molecule has 0 bridgehead atoms. The zero-order valence-electron chi connectivity index (χ0n) is 12.5. The third-order valence-electron chi connectivity index (χ3n) is 4.00. The molecule has 4 nitrogen and oxygen atoms in total. The second kappa shape index (κ2) is 7.55. The molecule has 1 fully saturated rings. The number of hydrogen-bond donors (Lipinski definition) is 1. The monoisotopic (exact) mass is 311 g/mol. The van der Waals surface area contributed by atoms with Gasteiger partial charge in [-0.1, -0.05) is 18.9 Å². The van der Waals surface area contributed by atoms with E-state index in [1.807, 2.05) is 0 Å². The number of rotatable bonds is 5. The van der Waals surface area contributed by atoms with Gasteiger partial charge in [-0.05, 0) is 30.9 Å². The molecule has 1 saturated carbocycles. The van der Waals surface area contributed by atoms with Crippen LogP contribution in [0.1, 0.15) is 36.0 Å². The molecule has 0 heterocycles. The third kappa shape index (κ3) is 3.82. The summed E-state index contributed by atoms with van der Waals surface area (Å²) in [6.45, 7) is 0.591. The van der Waals surface area contributed by atoms with E-state index in [-0.39, 0.29) is 11.3 Å². The van der Waals surface area contributed by atoms with E-state index in [0.29, 0.717) is 29.5 Å². The smallest absolute Gasteiger partial charge is 0.258 e. The lowest BCUT2D eigenvalue weighted by Gasteiger charge is -2.27. The van der Waals surface area contributed by atoms with E-state index in [9.17, 15) is 4.79 Å². The van der Waals surface area contributed by atoms with Crippen molar-refractivity contribution in [2.45, 2.75) is 31.1 Å². The van der Waals surface area contributed by atoms with Gasteiger partial charge in [0.2, 0.25) is 0 Å². The average molecular weight is 312 g/mol. The molecule has 0 spiro atoms. The maximum atomic E-state index is 12.4. The Hall–Kier alpha value is -1.42. The third-order valence-corrected chi connectivity index (χ3v) is 4.57. The first-order chi connectivity index (χ1) is 10.2. The van der Waals surface area contributed by atoms with Crippen LogP contribution in [0.3, 0.4) is 0 Å². The fourth-order valence-electron chi connectivity index (χ4n) is 2.78. The standard InChI is InChI=1S/C16H22ClNO3/c1-20-13-8-5-9-14(21-2)15(13)16(19)18-10-11-6-3-4-7-12(11)17/h5,8-9,11-12H,3-4,6-7,10H2,1-2H3,(H,18,19). The van der Waals surface area contributed by atoms with Gasteiger partial charge in [0.25, 0.3) is 5.91 Å². The van der Waals surface area contributed by atoms with Crippen molar-refractivity contribution in [2.24, 2.45) is 5.92 Å². The topological polar surface area (TPSA) is 47.6 Å². The van der Waals surface area contributed by atoms with Crippen molar-refractivity contribution >= 4 is 17.5 Å². The van der Waals surface area contributed by atoms with Crippen LogP contribution in [0.2, 0.25) is 0 Å². The molecule has 1 aliphatic rings. The molecular formula is C16H22ClNO3. The highest BCUT2D eigenvalue weighted by Gasteiger charge is 2.25. The van der Waals surface area contributed by atoms with Crippen molar-refractivity contribution in [3.05, 3.63) is 23.8 Å². The first-order valence-corrected chi connectivity index (χ1v) is 7.74. The minimum atomic E-state index is -0.182. The van der Waals surface area contributed by atoms with Gasteiger partial charge in [-0.2, -0.15) is 0 Å². The van der Waals surface area contributed by atoms with E-state index in [1.165, 1.54) is 12.8 Å². The van der Waals surface area contributed by atoms with Crippen LogP contribution in [0.15, 0.2) is 18.2 Å². The highest BCUT2D eigenvalue weighted by atomic mass is 35.5. The Morgan fingerprint density at radius 1 is 1.24 bits per heavy atom. The van der Waals surface area contributed by atoms with Crippen LogP contribution in [0, 0.1) is 5.92 Å². The number of nitrogens with one attached hydrogen (secondary N) is 1. The van der Waals surface area contributed by atoms with E-state index in [4.69, 9.17) is 21.1 Å². The van der Waals surface area contributed by atoms with Gasteiger partial charge >= 0.3 is 0 Å². The van der Waals surface area contributed by atoms with Gasteiger partial charge in [0.15, 0.2) is 0 Å². The maximum Gasteiger partial charge on any atom is 0.258 e. The lowest BCUT2D eigenvalue weighted by Crippen LogP contribution is -2.35. The highest BCUT2D eigenvalue weighted by molar-refractivity contribution is 6.20. The molecule has 1 aromatic carbocycles. The van der Waals surface area contributed by atoms with Gasteiger partial charge in [-0.25, -0.2) is 0 Å². The summed E-state index contributed by atoms with van der Waals surface area (Å²) in [7, 11) is 3.09. The number of carbonyl (C=O) groups is 1. The normalized spacial score (nSPS) is 21.7. The maximum absolute atomic E-state index is 12.4. The summed E-state index contributed by atoms with van der Waals surface area (Å²) in [5, 5.41) is 3.12. The number of ether oxygens (including phenoxy) is 2. The SMILES string of the molecule is COc1cccc(OC)c1C(=O)NCC1CCCCC1Cl. The molecule has 1 amide bonds. The van der Waals surface area contributed by atoms with Crippen molar-refractivity contribution in [1.29, 1.82) is 0 Å². The number of methoxy groups -OCH3 is 2. The fourth-order valence-corrected chi connectivity index (χ4v) is 3.15. The predicted molar refractivity (Wildman–Crippen MR) is 83.5 cm³/mol. The van der Waals surface area contributed by atoms with E-state index >= 15 is 0 Å². The van der Waals surface area contributed by atoms with Crippen LogP contribution in [0.5, 0.6) is 11.5 Å². The Balaban J connectivity index is 2.06. The minimum Gasteiger partial charge on any atom is -0.496 e. The summed E-state index contributed by atoms with van der Waals surface area (Å²) >= 11 is 6.33. The van der Waals surface area contributed by atoms with Crippen molar-refractivity contribution < 1.29 is 14.3 Å². The summed E-state index contributed by atoms with van der Waals surface area (Å²) in [6, 6.07) is 5.30.